The minimum atomic E-state index is -0.720. The lowest BCUT2D eigenvalue weighted by atomic mass is 9.76. The molecular weight excluding hydrogens is 370 g/mol. The minimum Gasteiger partial charge on any atom is -0.360 e. The fourth-order valence-electron chi connectivity index (χ4n) is 5.18. The van der Waals surface area contributed by atoms with Gasteiger partial charge in [-0.1, -0.05) is 42.0 Å². The van der Waals surface area contributed by atoms with Crippen LogP contribution in [0.4, 0.5) is 0 Å². The fraction of sp³-hybridized carbons (Fsp3) is 0.500. The summed E-state index contributed by atoms with van der Waals surface area (Å²) in [7, 11) is 1.74. The molecule has 0 saturated carbocycles. The first-order valence-corrected chi connectivity index (χ1v) is 10.1. The lowest BCUT2D eigenvalue weighted by Crippen LogP contribution is -2.54. The average molecular weight is 395 g/mol. The second-order valence-corrected chi connectivity index (χ2v) is 8.66. The molecule has 0 radical (unpaired) electrons. The summed E-state index contributed by atoms with van der Waals surface area (Å²) in [4.78, 5) is 43.7. The van der Waals surface area contributed by atoms with E-state index in [0.29, 0.717) is 26.2 Å². The van der Waals surface area contributed by atoms with Crippen molar-refractivity contribution in [2.24, 2.45) is 11.8 Å². The first kappa shape index (κ1) is 18.4. The number of piperazine rings is 1. The number of amides is 3. The first-order chi connectivity index (χ1) is 13.9. The smallest absolute Gasteiger partial charge is 0.241 e. The SMILES string of the molecule is Cc1cccc(CN2C[C@]34C=C[C@H](O3)[C@@H](C(=O)N3CCN(C)C(=O)C3)[C@H]4C2=O)c1. The van der Waals surface area contributed by atoms with Crippen molar-refractivity contribution in [3.8, 4) is 0 Å². The van der Waals surface area contributed by atoms with Crippen LogP contribution in [0.15, 0.2) is 36.4 Å². The summed E-state index contributed by atoms with van der Waals surface area (Å²) >= 11 is 0. The number of nitrogens with zero attached hydrogens (tertiary/aromatic N) is 3. The maximum Gasteiger partial charge on any atom is 0.241 e. The Morgan fingerprint density at radius 3 is 2.86 bits per heavy atom. The third-order valence-corrected chi connectivity index (χ3v) is 6.69. The predicted octanol–water partition coefficient (Wildman–Crippen LogP) is 0.578. The van der Waals surface area contributed by atoms with E-state index >= 15 is 0 Å². The average Bonchev–Trinajstić information content (AvgIpc) is 3.32. The molecule has 0 aromatic heterocycles. The molecule has 1 spiro atoms. The van der Waals surface area contributed by atoms with E-state index in [1.807, 2.05) is 37.3 Å². The number of ether oxygens (including phenoxy) is 1. The second-order valence-electron chi connectivity index (χ2n) is 8.66. The number of likely N-dealkylation sites (tertiary alicyclic amines) is 1. The van der Waals surface area contributed by atoms with Gasteiger partial charge in [0.25, 0.3) is 0 Å². The quantitative estimate of drug-likeness (QED) is 0.702. The van der Waals surface area contributed by atoms with Crippen molar-refractivity contribution in [2.45, 2.75) is 25.2 Å². The molecule has 7 heteroatoms. The molecule has 3 fully saturated rings. The molecule has 4 atom stereocenters. The van der Waals surface area contributed by atoms with Crippen LogP contribution in [-0.2, 0) is 25.7 Å². The zero-order valence-corrected chi connectivity index (χ0v) is 16.7. The van der Waals surface area contributed by atoms with Crippen LogP contribution >= 0.6 is 0 Å². The molecular formula is C22H25N3O4. The Balaban J connectivity index is 1.38. The van der Waals surface area contributed by atoms with Gasteiger partial charge in [-0.3, -0.25) is 14.4 Å². The van der Waals surface area contributed by atoms with Crippen LogP contribution in [0.5, 0.6) is 0 Å². The molecule has 3 saturated heterocycles. The van der Waals surface area contributed by atoms with E-state index in [-0.39, 0.29) is 30.4 Å². The van der Waals surface area contributed by atoms with Gasteiger partial charge in [0.2, 0.25) is 17.7 Å². The molecule has 29 heavy (non-hydrogen) atoms. The normalized spacial score (nSPS) is 33.0. The third-order valence-electron chi connectivity index (χ3n) is 6.69. The molecule has 0 aliphatic carbocycles. The topological polar surface area (TPSA) is 70.2 Å². The second kappa shape index (κ2) is 6.42. The molecule has 4 heterocycles. The lowest BCUT2D eigenvalue weighted by Gasteiger charge is -2.35. The molecule has 152 valence electrons. The largest absolute Gasteiger partial charge is 0.360 e. The van der Waals surface area contributed by atoms with Gasteiger partial charge in [0.15, 0.2) is 0 Å². The van der Waals surface area contributed by atoms with Gasteiger partial charge in [0.05, 0.1) is 31.0 Å². The summed E-state index contributed by atoms with van der Waals surface area (Å²) in [6, 6.07) is 8.11. The number of carbonyl (C=O) groups excluding carboxylic acids is 3. The molecule has 1 aromatic carbocycles. The van der Waals surface area contributed by atoms with E-state index in [1.165, 1.54) is 0 Å². The number of benzene rings is 1. The van der Waals surface area contributed by atoms with Gasteiger partial charge >= 0.3 is 0 Å². The van der Waals surface area contributed by atoms with Gasteiger partial charge in [0, 0.05) is 26.7 Å². The summed E-state index contributed by atoms with van der Waals surface area (Å²) in [6.45, 7) is 4.08. The summed E-state index contributed by atoms with van der Waals surface area (Å²) in [5.74, 6) is -1.30. The highest BCUT2D eigenvalue weighted by molar-refractivity contribution is 5.94. The molecule has 1 aromatic rings. The number of aryl methyl sites for hydroxylation is 1. The van der Waals surface area contributed by atoms with E-state index in [4.69, 9.17) is 4.74 Å². The number of hydrogen-bond donors (Lipinski definition) is 0. The van der Waals surface area contributed by atoms with Crippen molar-refractivity contribution in [3.05, 3.63) is 47.5 Å². The number of likely N-dealkylation sites (N-methyl/N-ethyl adjacent to an activating group) is 1. The van der Waals surface area contributed by atoms with Crippen LogP contribution in [0.25, 0.3) is 0 Å². The number of carbonyl (C=O) groups is 3. The predicted molar refractivity (Wildman–Crippen MR) is 105 cm³/mol. The molecule has 5 rings (SSSR count). The Hall–Kier alpha value is -2.67. The van der Waals surface area contributed by atoms with Crippen molar-refractivity contribution in [2.75, 3.05) is 33.2 Å². The van der Waals surface area contributed by atoms with E-state index in [1.54, 1.807) is 21.7 Å². The zero-order valence-electron chi connectivity index (χ0n) is 16.7. The van der Waals surface area contributed by atoms with Crippen LogP contribution in [0.3, 0.4) is 0 Å². The molecule has 3 amide bonds. The Labute approximate surface area is 169 Å². The summed E-state index contributed by atoms with van der Waals surface area (Å²) < 4.78 is 6.20. The Morgan fingerprint density at radius 2 is 2.10 bits per heavy atom. The number of hydrogen-bond acceptors (Lipinski definition) is 4. The van der Waals surface area contributed by atoms with Gasteiger partial charge in [0.1, 0.15) is 5.60 Å². The molecule has 2 bridgehead atoms. The molecule has 4 aliphatic heterocycles. The van der Waals surface area contributed by atoms with Crippen LogP contribution in [-0.4, -0.2) is 77.4 Å². The fourth-order valence-corrected chi connectivity index (χ4v) is 5.18. The maximum atomic E-state index is 13.3. The highest BCUT2D eigenvalue weighted by Crippen LogP contribution is 2.52. The van der Waals surface area contributed by atoms with E-state index < -0.39 is 17.4 Å². The lowest BCUT2D eigenvalue weighted by molar-refractivity contribution is -0.149. The summed E-state index contributed by atoms with van der Waals surface area (Å²) in [5, 5.41) is 0. The minimum absolute atomic E-state index is 0.0304. The van der Waals surface area contributed by atoms with Crippen molar-refractivity contribution < 1.29 is 19.1 Å². The number of fused-ring (bicyclic) bond motifs is 1. The molecule has 0 unspecified atom stereocenters. The Morgan fingerprint density at radius 1 is 1.28 bits per heavy atom. The number of rotatable bonds is 3. The van der Waals surface area contributed by atoms with Gasteiger partial charge in [-0.25, -0.2) is 0 Å². The van der Waals surface area contributed by atoms with Crippen LogP contribution in [0.1, 0.15) is 11.1 Å². The highest BCUT2D eigenvalue weighted by atomic mass is 16.5. The third kappa shape index (κ3) is 2.79. The van der Waals surface area contributed by atoms with Crippen molar-refractivity contribution in [3.63, 3.8) is 0 Å². The van der Waals surface area contributed by atoms with Crippen molar-refractivity contribution >= 4 is 17.7 Å². The van der Waals surface area contributed by atoms with Gasteiger partial charge in [-0.05, 0) is 12.5 Å². The summed E-state index contributed by atoms with van der Waals surface area (Å²) in [5.41, 5.74) is 1.50. The zero-order chi connectivity index (χ0) is 20.3. The van der Waals surface area contributed by atoms with Gasteiger partial charge in [-0.15, -0.1) is 0 Å². The van der Waals surface area contributed by atoms with Crippen molar-refractivity contribution in [1.82, 2.24) is 14.7 Å². The van der Waals surface area contributed by atoms with Crippen LogP contribution in [0, 0.1) is 18.8 Å². The van der Waals surface area contributed by atoms with Gasteiger partial charge < -0.3 is 19.4 Å². The Kier molecular flexibility index (Phi) is 4.07. The molecule has 0 N–H and O–H groups in total. The monoisotopic (exact) mass is 395 g/mol. The van der Waals surface area contributed by atoms with Crippen molar-refractivity contribution in [1.29, 1.82) is 0 Å². The first-order valence-electron chi connectivity index (χ1n) is 10.1. The van der Waals surface area contributed by atoms with E-state index in [2.05, 4.69) is 6.07 Å². The van der Waals surface area contributed by atoms with E-state index in [0.717, 1.165) is 11.1 Å². The maximum absolute atomic E-state index is 13.3. The molecule has 4 aliphatic rings. The van der Waals surface area contributed by atoms with E-state index in [9.17, 15) is 14.4 Å². The van der Waals surface area contributed by atoms with Gasteiger partial charge in [-0.2, -0.15) is 0 Å². The summed E-state index contributed by atoms with van der Waals surface area (Å²) in [6.07, 6.45) is 3.50. The van der Waals surface area contributed by atoms with Crippen LogP contribution in [0.2, 0.25) is 0 Å². The highest BCUT2D eigenvalue weighted by Gasteiger charge is 2.67. The standard InChI is InChI=1S/C22H25N3O4/c1-14-4-3-5-15(10-14)11-25-13-22-7-6-16(29-22)18(19(22)21(25)28)20(27)24-9-8-23(2)17(26)12-24/h3-7,10,16,18-19H,8-9,11-13H2,1-2H3/t16-,18+,19-,22-/m0/s1. The van der Waals surface area contributed by atoms with Crippen LogP contribution < -0.4 is 0 Å². The molecule has 7 nitrogen and oxygen atoms in total. The Bertz CT molecular complexity index is 928.